The van der Waals surface area contributed by atoms with Gasteiger partial charge in [0.2, 0.25) is 5.91 Å². The highest BCUT2D eigenvalue weighted by Gasteiger charge is 2.32. The van der Waals surface area contributed by atoms with Crippen LogP contribution in [-0.2, 0) is 11.2 Å². The van der Waals surface area contributed by atoms with Crippen LogP contribution >= 0.6 is 0 Å². The molecule has 1 aliphatic heterocycles. The van der Waals surface area contributed by atoms with Crippen molar-refractivity contribution in [3.05, 3.63) is 35.4 Å². The van der Waals surface area contributed by atoms with Gasteiger partial charge in [0.05, 0.1) is 12.6 Å². The molecule has 1 saturated heterocycles. The second kappa shape index (κ2) is 5.94. The maximum Gasteiger partial charge on any atom is 0.225 e. The molecule has 0 bridgehead atoms. The molecule has 1 aromatic rings. The van der Waals surface area contributed by atoms with E-state index in [1.807, 2.05) is 31.2 Å². The number of amides is 1. The number of aryl methyl sites for hydroxylation is 1. The molecule has 1 amide bonds. The Hall–Kier alpha value is -1.39. The number of hydrogen-bond acceptors (Lipinski definition) is 3. The molecule has 2 atom stereocenters. The Kier molecular flexibility index (Phi) is 4.45. The Labute approximate surface area is 121 Å². The summed E-state index contributed by atoms with van der Waals surface area (Å²) in [6, 6.07) is 8.45. The molecule has 4 nitrogen and oxygen atoms in total. The second-order valence-electron chi connectivity index (χ2n) is 6.73. The zero-order valence-corrected chi connectivity index (χ0v) is 12.8. The molecule has 0 aromatic heterocycles. The van der Waals surface area contributed by atoms with E-state index in [9.17, 15) is 4.79 Å². The fourth-order valence-electron chi connectivity index (χ4n) is 2.36. The molecule has 0 aliphatic carbocycles. The number of hydrogen-bond donors (Lipinski definition) is 3. The van der Waals surface area contributed by atoms with Crippen LogP contribution in [0.5, 0.6) is 0 Å². The average Bonchev–Trinajstić information content (AvgIpc) is 2.80. The number of hydrazine groups is 1. The molecule has 0 saturated carbocycles. The van der Waals surface area contributed by atoms with Crippen LogP contribution in [0.1, 0.15) is 38.3 Å². The van der Waals surface area contributed by atoms with Crippen molar-refractivity contribution in [2.45, 2.75) is 52.7 Å². The molecular formula is C16H25N3O. The third kappa shape index (κ3) is 4.05. The highest BCUT2D eigenvalue weighted by molar-refractivity contribution is 5.78. The number of carbonyl (C=O) groups excluding carboxylic acids is 1. The van der Waals surface area contributed by atoms with Crippen molar-refractivity contribution in [3.63, 3.8) is 0 Å². The summed E-state index contributed by atoms with van der Waals surface area (Å²) in [6.07, 6.45) is 1.35. The monoisotopic (exact) mass is 275 g/mol. The van der Waals surface area contributed by atoms with Crippen LogP contribution in [0, 0.1) is 12.3 Å². The molecule has 1 aliphatic rings. The Balaban J connectivity index is 1.82. The minimum atomic E-state index is 0.0113. The molecule has 2 rings (SSSR count). The Morgan fingerprint density at radius 3 is 2.45 bits per heavy atom. The van der Waals surface area contributed by atoms with Crippen molar-refractivity contribution < 1.29 is 4.79 Å². The molecular weight excluding hydrogens is 250 g/mol. The van der Waals surface area contributed by atoms with Gasteiger partial charge in [-0.1, -0.05) is 50.6 Å². The van der Waals surface area contributed by atoms with Gasteiger partial charge in [-0.2, -0.15) is 0 Å². The summed E-state index contributed by atoms with van der Waals surface area (Å²) in [5, 5.41) is 3.03. The summed E-state index contributed by atoms with van der Waals surface area (Å²) in [4.78, 5) is 12.0. The Morgan fingerprint density at radius 1 is 1.25 bits per heavy atom. The first-order valence-corrected chi connectivity index (χ1v) is 7.20. The first-order valence-electron chi connectivity index (χ1n) is 7.20. The molecule has 1 heterocycles. The van der Waals surface area contributed by atoms with E-state index in [2.05, 4.69) is 36.9 Å². The lowest BCUT2D eigenvalue weighted by Crippen LogP contribution is -2.45. The maximum atomic E-state index is 12.0. The van der Waals surface area contributed by atoms with Crippen LogP contribution in [0.3, 0.4) is 0 Å². The Morgan fingerprint density at radius 2 is 1.90 bits per heavy atom. The third-order valence-electron chi connectivity index (χ3n) is 3.77. The van der Waals surface area contributed by atoms with E-state index in [-0.39, 0.29) is 17.5 Å². The van der Waals surface area contributed by atoms with Gasteiger partial charge in [0, 0.05) is 6.04 Å². The van der Waals surface area contributed by atoms with Gasteiger partial charge >= 0.3 is 0 Å². The molecule has 4 heteroatoms. The van der Waals surface area contributed by atoms with Gasteiger partial charge in [-0.3, -0.25) is 10.2 Å². The number of benzene rings is 1. The van der Waals surface area contributed by atoms with Gasteiger partial charge in [-0.15, -0.1) is 0 Å². The minimum absolute atomic E-state index is 0.0113. The van der Waals surface area contributed by atoms with Crippen LogP contribution in [0.15, 0.2) is 24.3 Å². The van der Waals surface area contributed by atoms with E-state index in [1.165, 1.54) is 5.56 Å². The summed E-state index contributed by atoms with van der Waals surface area (Å²) in [5.41, 5.74) is 8.86. The predicted octanol–water partition coefficient (Wildman–Crippen LogP) is 1.89. The molecule has 3 N–H and O–H groups in total. The highest BCUT2D eigenvalue weighted by Crippen LogP contribution is 2.24. The normalized spacial score (nSPS) is 22.8. The lowest BCUT2D eigenvalue weighted by atomic mass is 9.85. The lowest BCUT2D eigenvalue weighted by molar-refractivity contribution is -0.121. The van der Waals surface area contributed by atoms with Crippen molar-refractivity contribution >= 4 is 5.91 Å². The predicted molar refractivity (Wildman–Crippen MR) is 80.9 cm³/mol. The molecule has 1 aromatic carbocycles. The van der Waals surface area contributed by atoms with Crippen LogP contribution in [-0.4, -0.2) is 18.1 Å². The van der Waals surface area contributed by atoms with Crippen molar-refractivity contribution in [2.24, 2.45) is 5.41 Å². The van der Waals surface area contributed by atoms with E-state index < -0.39 is 0 Å². The fourth-order valence-corrected chi connectivity index (χ4v) is 2.36. The van der Waals surface area contributed by atoms with Gasteiger partial charge in [-0.05, 0) is 24.3 Å². The SMILES string of the molecule is Cc1ccc(CC(=O)NC2CC(C(C)(C)C)NN2)cc1. The van der Waals surface area contributed by atoms with Gasteiger partial charge in [-0.25, -0.2) is 5.43 Å². The highest BCUT2D eigenvalue weighted by atomic mass is 16.1. The fraction of sp³-hybridized carbons (Fsp3) is 0.562. The maximum absolute atomic E-state index is 12.0. The zero-order chi connectivity index (χ0) is 14.8. The summed E-state index contributed by atoms with van der Waals surface area (Å²) >= 11 is 0. The quantitative estimate of drug-likeness (QED) is 0.789. The van der Waals surface area contributed by atoms with Crippen molar-refractivity contribution in [3.8, 4) is 0 Å². The number of carbonyl (C=O) groups is 1. The first kappa shape index (κ1) is 15.0. The van der Waals surface area contributed by atoms with Gasteiger partial charge in [0.15, 0.2) is 0 Å². The van der Waals surface area contributed by atoms with Gasteiger partial charge in [0.1, 0.15) is 0 Å². The smallest absolute Gasteiger partial charge is 0.225 e. The van der Waals surface area contributed by atoms with Crippen LogP contribution in [0.25, 0.3) is 0 Å². The molecule has 0 spiro atoms. The molecule has 0 radical (unpaired) electrons. The lowest BCUT2D eigenvalue weighted by Gasteiger charge is -2.25. The molecule has 2 unspecified atom stereocenters. The van der Waals surface area contributed by atoms with Crippen LogP contribution < -0.4 is 16.2 Å². The Bertz CT molecular complexity index is 462. The molecule has 1 fully saturated rings. The number of rotatable bonds is 3. The van der Waals surface area contributed by atoms with Crippen LogP contribution in [0.2, 0.25) is 0 Å². The van der Waals surface area contributed by atoms with E-state index in [0.29, 0.717) is 12.5 Å². The summed E-state index contributed by atoms with van der Waals surface area (Å²) in [6.45, 7) is 8.64. The zero-order valence-electron chi connectivity index (χ0n) is 12.8. The summed E-state index contributed by atoms with van der Waals surface area (Å²) in [7, 11) is 0. The summed E-state index contributed by atoms with van der Waals surface area (Å²) < 4.78 is 0. The standard InChI is InChI=1S/C16H25N3O/c1-11-5-7-12(8-6-11)9-15(20)17-14-10-13(18-19-14)16(2,3)4/h5-8,13-14,18-19H,9-10H2,1-4H3,(H,17,20). The van der Waals surface area contributed by atoms with Crippen LogP contribution in [0.4, 0.5) is 0 Å². The topological polar surface area (TPSA) is 53.2 Å². The first-order chi connectivity index (χ1) is 9.34. The molecule has 110 valence electrons. The average molecular weight is 275 g/mol. The van der Waals surface area contributed by atoms with Crippen molar-refractivity contribution in [1.29, 1.82) is 0 Å². The largest absolute Gasteiger partial charge is 0.339 e. The van der Waals surface area contributed by atoms with E-state index in [4.69, 9.17) is 0 Å². The molecule has 20 heavy (non-hydrogen) atoms. The van der Waals surface area contributed by atoms with Gasteiger partial charge in [0.25, 0.3) is 0 Å². The second-order valence-corrected chi connectivity index (χ2v) is 6.73. The van der Waals surface area contributed by atoms with E-state index >= 15 is 0 Å². The third-order valence-corrected chi connectivity index (χ3v) is 3.77. The minimum Gasteiger partial charge on any atom is -0.339 e. The number of nitrogens with one attached hydrogen (secondary N) is 3. The summed E-state index contributed by atoms with van der Waals surface area (Å²) in [5.74, 6) is 0.0581. The van der Waals surface area contributed by atoms with Crippen molar-refractivity contribution in [2.75, 3.05) is 0 Å². The van der Waals surface area contributed by atoms with E-state index in [1.54, 1.807) is 0 Å². The van der Waals surface area contributed by atoms with E-state index in [0.717, 1.165) is 12.0 Å². The van der Waals surface area contributed by atoms with Gasteiger partial charge < -0.3 is 5.32 Å². The van der Waals surface area contributed by atoms with Crippen molar-refractivity contribution in [1.82, 2.24) is 16.2 Å².